The molecule has 0 aromatic carbocycles. The first kappa shape index (κ1) is 15.0. The van der Waals surface area contributed by atoms with Crippen molar-refractivity contribution < 1.29 is 9.53 Å². The average molecular weight is 327 g/mol. The third kappa shape index (κ3) is 2.60. The first-order valence-corrected chi connectivity index (χ1v) is 8.25. The van der Waals surface area contributed by atoms with Gasteiger partial charge in [0.05, 0.1) is 25.4 Å². The Morgan fingerprint density at radius 3 is 3.04 bits per heavy atom. The van der Waals surface area contributed by atoms with Crippen molar-refractivity contribution in [3.63, 3.8) is 0 Å². The van der Waals surface area contributed by atoms with E-state index in [2.05, 4.69) is 20.5 Å². The van der Waals surface area contributed by atoms with Crippen LogP contribution in [0.25, 0.3) is 0 Å². The van der Waals surface area contributed by atoms with Crippen LogP contribution < -0.4 is 10.1 Å². The number of ether oxygens (including phenoxy) is 1. The van der Waals surface area contributed by atoms with E-state index in [0.29, 0.717) is 31.4 Å². The molecule has 0 fully saturated rings. The Hall–Kier alpha value is -2.57. The van der Waals surface area contributed by atoms with Crippen LogP contribution in [0, 0.1) is 5.41 Å². The minimum absolute atomic E-state index is 0.173. The van der Waals surface area contributed by atoms with E-state index in [4.69, 9.17) is 4.74 Å². The van der Waals surface area contributed by atoms with Crippen LogP contribution in [0.2, 0.25) is 0 Å². The van der Waals surface area contributed by atoms with Gasteiger partial charge in [-0.15, -0.1) is 0 Å². The Morgan fingerprint density at radius 1 is 1.29 bits per heavy atom. The fourth-order valence-corrected chi connectivity index (χ4v) is 3.30. The van der Waals surface area contributed by atoms with Crippen molar-refractivity contribution in [2.45, 2.75) is 39.8 Å². The van der Waals surface area contributed by atoms with Crippen molar-refractivity contribution in [2.75, 3.05) is 11.9 Å². The summed E-state index contributed by atoms with van der Waals surface area (Å²) in [6.07, 6.45) is 1.59. The first-order chi connectivity index (χ1) is 11.5. The first-order valence-electron chi connectivity index (χ1n) is 8.25. The summed E-state index contributed by atoms with van der Waals surface area (Å²) in [6.45, 7) is 5.71. The number of nitrogens with zero attached hydrogens (tertiary/aromatic N) is 3. The number of carbonyl (C=O) groups excluding carboxylic acids is 1. The number of hydrogen-bond acceptors (Lipinski definition) is 5. The number of nitrogens with one attached hydrogen (secondary N) is 2. The molecule has 0 radical (unpaired) electrons. The van der Waals surface area contributed by atoms with Gasteiger partial charge in [0.15, 0.2) is 5.82 Å². The van der Waals surface area contributed by atoms with Crippen molar-refractivity contribution in [3.8, 4) is 5.88 Å². The summed E-state index contributed by atoms with van der Waals surface area (Å²) in [6, 6.07) is 5.62. The Morgan fingerprint density at radius 2 is 2.17 bits per heavy atom. The van der Waals surface area contributed by atoms with Gasteiger partial charge in [-0.25, -0.2) is 0 Å². The molecule has 2 N–H and O–H groups in total. The lowest BCUT2D eigenvalue weighted by Gasteiger charge is -2.29. The summed E-state index contributed by atoms with van der Waals surface area (Å²) in [5, 5.41) is 10.6. The van der Waals surface area contributed by atoms with Crippen LogP contribution in [-0.2, 0) is 17.9 Å². The fraction of sp³-hybridized carbons (Fsp3) is 0.471. The second kappa shape index (κ2) is 5.51. The third-order valence-corrected chi connectivity index (χ3v) is 4.68. The molecule has 4 heterocycles. The van der Waals surface area contributed by atoms with Crippen LogP contribution in [-0.4, -0.2) is 32.6 Å². The molecule has 2 aromatic rings. The quantitative estimate of drug-likeness (QED) is 0.777. The number of fused-ring (bicyclic) bond motifs is 3. The Balaban J connectivity index is 1.70. The zero-order valence-electron chi connectivity index (χ0n) is 13.9. The molecule has 2 aliphatic heterocycles. The number of rotatable bonds is 0. The molecular formula is C17H21N5O2. The van der Waals surface area contributed by atoms with Crippen molar-refractivity contribution in [1.29, 1.82) is 0 Å². The summed E-state index contributed by atoms with van der Waals surface area (Å²) in [5.41, 5.74) is 1.61. The molecule has 4 bridgehead atoms. The predicted octanol–water partition coefficient (Wildman–Crippen LogP) is 2.59. The standard InChI is InChI=1S/C17H21N5O2/c1-17(2)7-4-8-24-14-6-3-5-13(18-14)19-15-11-9-22(16(17)23)10-12(11)20-21-15/h3,5-6H,4,7-10H2,1-2H3,(H2,18,19,20,21). The maximum Gasteiger partial charge on any atom is 0.228 e. The van der Waals surface area contributed by atoms with Gasteiger partial charge in [-0.1, -0.05) is 19.9 Å². The zero-order chi connectivity index (χ0) is 16.7. The largest absolute Gasteiger partial charge is 0.478 e. The molecule has 2 aliphatic rings. The highest BCUT2D eigenvalue weighted by molar-refractivity contribution is 5.83. The molecule has 2 aromatic heterocycles. The minimum atomic E-state index is -0.409. The molecule has 24 heavy (non-hydrogen) atoms. The molecule has 0 aliphatic carbocycles. The van der Waals surface area contributed by atoms with E-state index in [-0.39, 0.29) is 5.91 Å². The van der Waals surface area contributed by atoms with Gasteiger partial charge in [0.25, 0.3) is 0 Å². The van der Waals surface area contributed by atoms with Crippen molar-refractivity contribution in [1.82, 2.24) is 20.1 Å². The van der Waals surface area contributed by atoms with E-state index in [9.17, 15) is 4.79 Å². The van der Waals surface area contributed by atoms with Gasteiger partial charge in [-0.05, 0) is 18.9 Å². The van der Waals surface area contributed by atoms with Gasteiger partial charge >= 0.3 is 0 Å². The average Bonchev–Trinajstić information content (AvgIpc) is 3.12. The van der Waals surface area contributed by atoms with E-state index >= 15 is 0 Å². The number of pyridine rings is 1. The van der Waals surface area contributed by atoms with Crippen molar-refractivity contribution >= 4 is 17.5 Å². The van der Waals surface area contributed by atoms with Gasteiger partial charge < -0.3 is 15.0 Å². The minimum Gasteiger partial charge on any atom is -0.478 e. The molecule has 0 saturated carbocycles. The van der Waals surface area contributed by atoms with E-state index in [0.717, 1.165) is 29.9 Å². The molecule has 7 heteroatoms. The van der Waals surface area contributed by atoms with Crippen LogP contribution in [0.1, 0.15) is 37.9 Å². The summed E-state index contributed by atoms with van der Waals surface area (Å²) >= 11 is 0. The molecule has 0 atom stereocenters. The maximum atomic E-state index is 12.9. The molecule has 126 valence electrons. The van der Waals surface area contributed by atoms with E-state index in [1.807, 2.05) is 36.9 Å². The SMILES string of the molecule is CC1(C)CCCOc2cccc(n2)Nc2n[nH]c3c2CN(C3)C1=O. The van der Waals surface area contributed by atoms with Gasteiger partial charge in [0, 0.05) is 17.0 Å². The predicted molar refractivity (Wildman–Crippen MR) is 88.9 cm³/mol. The summed E-state index contributed by atoms with van der Waals surface area (Å²) in [7, 11) is 0. The lowest BCUT2D eigenvalue weighted by atomic mass is 9.86. The molecule has 4 rings (SSSR count). The number of anilines is 2. The van der Waals surface area contributed by atoms with E-state index < -0.39 is 5.41 Å². The highest BCUT2D eigenvalue weighted by Gasteiger charge is 2.36. The van der Waals surface area contributed by atoms with Gasteiger partial charge in [0.2, 0.25) is 11.8 Å². The second-order valence-corrected chi connectivity index (χ2v) is 7.01. The smallest absolute Gasteiger partial charge is 0.228 e. The van der Waals surface area contributed by atoms with Gasteiger partial charge in [-0.2, -0.15) is 10.1 Å². The Labute approximate surface area is 140 Å². The molecular weight excluding hydrogens is 306 g/mol. The van der Waals surface area contributed by atoms with E-state index in [1.165, 1.54) is 0 Å². The number of aromatic amines is 1. The lowest BCUT2D eigenvalue weighted by Crippen LogP contribution is -2.38. The highest BCUT2D eigenvalue weighted by atomic mass is 16.5. The third-order valence-electron chi connectivity index (χ3n) is 4.68. The zero-order valence-corrected chi connectivity index (χ0v) is 13.9. The van der Waals surface area contributed by atoms with Crippen molar-refractivity contribution in [3.05, 3.63) is 29.5 Å². The van der Waals surface area contributed by atoms with Crippen LogP contribution >= 0.6 is 0 Å². The van der Waals surface area contributed by atoms with Crippen LogP contribution in [0.4, 0.5) is 11.6 Å². The number of H-pyrrole nitrogens is 1. The Bertz CT molecular complexity index is 783. The van der Waals surface area contributed by atoms with E-state index in [1.54, 1.807) is 0 Å². The summed E-state index contributed by atoms with van der Waals surface area (Å²) in [5.74, 6) is 2.16. The normalized spacial score (nSPS) is 19.4. The molecule has 0 unspecified atom stereocenters. The molecule has 0 saturated heterocycles. The number of amides is 1. The van der Waals surface area contributed by atoms with Gasteiger partial charge in [-0.3, -0.25) is 9.89 Å². The number of aromatic nitrogens is 3. The van der Waals surface area contributed by atoms with Crippen LogP contribution in [0.15, 0.2) is 18.2 Å². The second-order valence-electron chi connectivity index (χ2n) is 7.01. The Kier molecular flexibility index (Phi) is 3.44. The van der Waals surface area contributed by atoms with Crippen LogP contribution in [0.3, 0.4) is 0 Å². The summed E-state index contributed by atoms with van der Waals surface area (Å²) < 4.78 is 5.72. The highest BCUT2D eigenvalue weighted by Crippen LogP contribution is 2.34. The lowest BCUT2D eigenvalue weighted by molar-refractivity contribution is -0.141. The molecule has 1 amide bonds. The van der Waals surface area contributed by atoms with Crippen LogP contribution in [0.5, 0.6) is 5.88 Å². The topological polar surface area (TPSA) is 83.1 Å². The van der Waals surface area contributed by atoms with Crippen molar-refractivity contribution in [2.24, 2.45) is 5.41 Å². The molecule has 7 nitrogen and oxygen atoms in total. The fourth-order valence-electron chi connectivity index (χ4n) is 3.30. The number of hydrogen-bond donors (Lipinski definition) is 2. The molecule has 0 spiro atoms. The number of carbonyl (C=O) groups is 1. The monoisotopic (exact) mass is 327 g/mol. The summed E-state index contributed by atoms with van der Waals surface area (Å²) in [4.78, 5) is 19.2. The maximum absolute atomic E-state index is 12.9. The van der Waals surface area contributed by atoms with Gasteiger partial charge in [0.1, 0.15) is 5.82 Å².